The van der Waals surface area contributed by atoms with Crippen LogP contribution in [0.1, 0.15) is 31.0 Å². The number of carboxylic acid groups (broad SMARTS) is 1. The van der Waals surface area contributed by atoms with Crippen molar-refractivity contribution in [3.63, 3.8) is 0 Å². The number of fused-ring (bicyclic) bond motifs is 1. The first kappa shape index (κ1) is 10.3. The van der Waals surface area contributed by atoms with Gasteiger partial charge in [0.15, 0.2) is 0 Å². The topological polar surface area (TPSA) is 78.9 Å². The van der Waals surface area contributed by atoms with Crippen LogP contribution in [-0.2, 0) is 4.79 Å². The number of hydrogen-bond acceptors (Lipinski definition) is 3. The van der Waals surface area contributed by atoms with Crippen molar-refractivity contribution >= 4 is 17.0 Å². The predicted molar refractivity (Wildman–Crippen MR) is 61.6 cm³/mol. The van der Waals surface area contributed by atoms with E-state index in [1.165, 1.54) is 0 Å². The van der Waals surface area contributed by atoms with Crippen molar-refractivity contribution in [2.45, 2.75) is 25.2 Å². The first-order chi connectivity index (χ1) is 8.25. The Morgan fingerprint density at radius 2 is 2.35 bits per heavy atom. The molecule has 2 aromatic heterocycles. The lowest BCUT2D eigenvalue weighted by molar-refractivity contribution is -0.142. The number of carboxylic acids is 1. The number of rotatable bonds is 2. The Kier molecular flexibility index (Phi) is 2.31. The van der Waals surface area contributed by atoms with Gasteiger partial charge in [-0.05, 0) is 18.9 Å². The van der Waals surface area contributed by atoms with Gasteiger partial charge in [-0.25, -0.2) is 4.98 Å². The molecule has 2 unspecified atom stereocenters. The number of pyridine rings is 1. The van der Waals surface area contributed by atoms with Crippen LogP contribution in [0.4, 0.5) is 0 Å². The summed E-state index contributed by atoms with van der Waals surface area (Å²) in [6.45, 7) is 0. The fourth-order valence-corrected chi connectivity index (χ4v) is 2.64. The highest BCUT2D eigenvalue weighted by Gasteiger charge is 2.35. The van der Waals surface area contributed by atoms with Crippen molar-refractivity contribution in [1.82, 2.24) is 15.0 Å². The lowest BCUT2D eigenvalue weighted by atomic mass is 9.96. The molecule has 17 heavy (non-hydrogen) atoms. The standard InChI is InChI=1S/C12H13N3O2/c16-12(17)8-3-1-2-7(8)11-14-9-4-5-13-6-10(9)15-11/h4-8H,1-3H2,(H,14,15)(H,16,17). The molecule has 1 fully saturated rings. The molecule has 88 valence electrons. The van der Waals surface area contributed by atoms with Gasteiger partial charge >= 0.3 is 5.97 Å². The molecular formula is C12H13N3O2. The largest absolute Gasteiger partial charge is 0.481 e. The van der Waals surface area contributed by atoms with E-state index in [4.69, 9.17) is 5.11 Å². The first-order valence-electron chi connectivity index (χ1n) is 5.78. The molecule has 0 bridgehead atoms. The third-order valence-corrected chi connectivity index (χ3v) is 3.49. The van der Waals surface area contributed by atoms with Gasteiger partial charge < -0.3 is 10.1 Å². The average molecular weight is 231 g/mol. The summed E-state index contributed by atoms with van der Waals surface area (Å²) in [4.78, 5) is 22.8. The highest BCUT2D eigenvalue weighted by Crippen LogP contribution is 2.38. The van der Waals surface area contributed by atoms with E-state index in [-0.39, 0.29) is 11.8 Å². The number of hydrogen-bond donors (Lipinski definition) is 2. The van der Waals surface area contributed by atoms with Gasteiger partial charge in [0.1, 0.15) is 5.82 Å². The highest BCUT2D eigenvalue weighted by atomic mass is 16.4. The maximum Gasteiger partial charge on any atom is 0.307 e. The highest BCUT2D eigenvalue weighted by molar-refractivity contribution is 5.75. The Hall–Kier alpha value is -1.91. The molecule has 0 amide bonds. The van der Waals surface area contributed by atoms with E-state index < -0.39 is 5.97 Å². The zero-order valence-electron chi connectivity index (χ0n) is 9.26. The van der Waals surface area contributed by atoms with E-state index in [0.29, 0.717) is 0 Å². The second kappa shape index (κ2) is 3.84. The zero-order valence-corrected chi connectivity index (χ0v) is 9.26. The van der Waals surface area contributed by atoms with Crippen molar-refractivity contribution in [3.05, 3.63) is 24.3 Å². The maximum absolute atomic E-state index is 11.1. The second-order valence-corrected chi connectivity index (χ2v) is 4.50. The van der Waals surface area contributed by atoms with Crippen molar-refractivity contribution in [2.75, 3.05) is 0 Å². The molecule has 5 heteroatoms. The van der Waals surface area contributed by atoms with Gasteiger partial charge in [-0.2, -0.15) is 0 Å². The third kappa shape index (κ3) is 1.67. The molecule has 0 radical (unpaired) electrons. The molecule has 2 N–H and O–H groups in total. The average Bonchev–Trinajstić information content (AvgIpc) is 2.95. The fraction of sp³-hybridized carbons (Fsp3) is 0.417. The summed E-state index contributed by atoms with van der Waals surface area (Å²) < 4.78 is 0. The molecular weight excluding hydrogens is 218 g/mol. The smallest absolute Gasteiger partial charge is 0.307 e. The molecule has 2 heterocycles. The number of aromatic nitrogens is 3. The Balaban J connectivity index is 2.00. The quantitative estimate of drug-likeness (QED) is 0.827. The molecule has 3 rings (SSSR count). The SMILES string of the molecule is O=C(O)C1CCCC1c1nc2ccncc2[nH]1. The van der Waals surface area contributed by atoms with Crippen LogP contribution in [-0.4, -0.2) is 26.0 Å². The van der Waals surface area contributed by atoms with Gasteiger partial charge in [0, 0.05) is 12.1 Å². The van der Waals surface area contributed by atoms with Gasteiger partial charge in [0.2, 0.25) is 0 Å². The maximum atomic E-state index is 11.1. The predicted octanol–water partition coefficient (Wildman–Crippen LogP) is 1.93. The van der Waals surface area contributed by atoms with E-state index in [1.807, 2.05) is 6.07 Å². The van der Waals surface area contributed by atoms with Gasteiger partial charge in [0.25, 0.3) is 0 Å². The number of aliphatic carboxylic acids is 1. The zero-order chi connectivity index (χ0) is 11.8. The van der Waals surface area contributed by atoms with Crippen molar-refractivity contribution < 1.29 is 9.90 Å². The molecule has 0 aromatic carbocycles. The van der Waals surface area contributed by atoms with Crippen LogP contribution in [0.25, 0.3) is 11.0 Å². The molecule has 1 saturated carbocycles. The van der Waals surface area contributed by atoms with Crippen LogP contribution in [0.2, 0.25) is 0 Å². The summed E-state index contributed by atoms with van der Waals surface area (Å²) in [6.07, 6.45) is 6.00. The summed E-state index contributed by atoms with van der Waals surface area (Å²) in [7, 11) is 0. The number of imidazole rings is 1. The van der Waals surface area contributed by atoms with E-state index in [0.717, 1.165) is 36.1 Å². The van der Waals surface area contributed by atoms with Crippen LogP contribution in [0.3, 0.4) is 0 Å². The van der Waals surface area contributed by atoms with E-state index in [1.54, 1.807) is 12.4 Å². The molecule has 5 nitrogen and oxygen atoms in total. The van der Waals surface area contributed by atoms with E-state index >= 15 is 0 Å². The Morgan fingerprint density at radius 1 is 1.47 bits per heavy atom. The number of nitrogens with one attached hydrogen (secondary N) is 1. The summed E-state index contributed by atoms with van der Waals surface area (Å²) in [5.41, 5.74) is 1.73. The Bertz CT molecular complexity index is 531. The van der Waals surface area contributed by atoms with Crippen LogP contribution in [0, 0.1) is 5.92 Å². The molecule has 1 aliphatic carbocycles. The normalized spacial score (nSPS) is 24.2. The monoisotopic (exact) mass is 231 g/mol. The molecule has 0 saturated heterocycles. The number of H-pyrrole nitrogens is 1. The lowest BCUT2D eigenvalue weighted by Crippen LogP contribution is -2.17. The van der Waals surface area contributed by atoms with Crippen LogP contribution >= 0.6 is 0 Å². The third-order valence-electron chi connectivity index (χ3n) is 3.49. The number of aromatic amines is 1. The minimum atomic E-state index is -0.717. The molecule has 2 aromatic rings. The summed E-state index contributed by atoms with van der Waals surface area (Å²) in [6, 6.07) is 1.83. The van der Waals surface area contributed by atoms with E-state index in [2.05, 4.69) is 15.0 Å². The van der Waals surface area contributed by atoms with Crippen molar-refractivity contribution in [2.24, 2.45) is 5.92 Å². The molecule has 2 atom stereocenters. The Morgan fingerprint density at radius 3 is 3.12 bits per heavy atom. The molecule has 0 aliphatic heterocycles. The van der Waals surface area contributed by atoms with Crippen molar-refractivity contribution in [1.29, 1.82) is 0 Å². The summed E-state index contributed by atoms with van der Waals surface area (Å²) in [5.74, 6) is -0.215. The van der Waals surface area contributed by atoms with E-state index in [9.17, 15) is 4.79 Å². The summed E-state index contributed by atoms with van der Waals surface area (Å²) >= 11 is 0. The lowest BCUT2D eigenvalue weighted by Gasteiger charge is -2.12. The summed E-state index contributed by atoms with van der Waals surface area (Å²) in [5, 5.41) is 9.17. The van der Waals surface area contributed by atoms with Crippen LogP contribution in [0.15, 0.2) is 18.5 Å². The van der Waals surface area contributed by atoms with Crippen LogP contribution < -0.4 is 0 Å². The number of carbonyl (C=O) groups is 1. The van der Waals surface area contributed by atoms with Crippen LogP contribution in [0.5, 0.6) is 0 Å². The number of nitrogens with zero attached hydrogens (tertiary/aromatic N) is 2. The molecule has 1 aliphatic rings. The van der Waals surface area contributed by atoms with Gasteiger partial charge in [0.05, 0.1) is 23.1 Å². The molecule has 0 spiro atoms. The second-order valence-electron chi connectivity index (χ2n) is 4.50. The minimum Gasteiger partial charge on any atom is -0.481 e. The minimum absolute atomic E-state index is 0.0138. The van der Waals surface area contributed by atoms with Crippen molar-refractivity contribution in [3.8, 4) is 0 Å². The van der Waals surface area contributed by atoms with Gasteiger partial charge in [-0.3, -0.25) is 9.78 Å². The first-order valence-corrected chi connectivity index (χ1v) is 5.78. The van der Waals surface area contributed by atoms with Gasteiger partial charge in [-0.15, -0.1) is 0 Å². The fourth-order valence-electron chi connectivity index (χ4n) is 2.64. The Labute approximate surface area is 97.9 Å². The van der Waals surface area contributed by atoms with Gasteiger partial charge in [-0.1, -0.05) is 6.42 Å².